The Morgan fingerprint density at radius 1 is 1.02 bits per heavy atom. The minimum Gasteiger partial charge on any atom is -0.457 e. The van der Waals surface area contributed by atoms with Crippen molar-refractivity contribution in [3.8, 4) is 11.5 Å². The van der Waals surface area contributed by atoms with E-state index in [1.165, 1.54) is 0 Å². The number of ether oxygens (including phenoxy) is 1. The van der Waals surface area contributed by atoms with Crippen LogP contribution in [0.2, 0.25) is 0 Å². The second-order valence-corrected chi connectivity index (χ2v) is 11.5. The number of hydrogen-bond acceptors (Lipinski definition) is 6. The fourth-order valence-corrected chi connectivity index (χ4v) is 6.21. The Kier molecular flexibility index (Phi) is 10.6. The van der Waals surface area contributed by atoms with Crippen molar-refractivity contribution in [1.29, 1.82) is 0 Å². The van der Waals surface area contributed by atoms with Crippen molar-refractivity contribution < 1.29 is 24.2 Å². The van der Waals surface area contributed by atoms with E-state index in [0.717, 1.165) is 37.8 Å². The highest BCUT2D eigenvalue weighted by molar-refractivity contribution is 6.00. The quantitative estimate of drug-likeness (QED) is 0.350. The van der Waals surface area contributed by atoms with Crippen LogP contribution in [0.25, 0.3) is 0 Å². The molecule has 2 atom stereocenters. The van der Waals surface area contributed by atoms with Crippen molar-refractivity contribution in [2.45, 2.75) is 83.5 Å². The summed E-state index contributed by atoms with van der Waals surface area (Å²) in [6.45, 7) is 8.75. The predicted molar refractivity (Wildman–Crippen MR) is 162 cm³/mol. The lowest BCUT2D eigenvalue weighted by Gasteiger charge is -2.52. The van der Waals surface area contributed by atoms with Crippen molar-refractivity contribution >= 4 is 17.7 Å². The van der Waals surface area contributed by atoms with E-state index in [2.05, 4.69) is 22.5 Å². The van der Waals surface area contributed by atoms with Gasteiger partial charge in [-0.15, -0.1) is 0 Å². The molecule has 2 aliphatic rings. The van der Waals surface area contributed by atoms with Gasteiger partial charge in [0.25, 0.3) is 5.91 Å². The monoisotopic (exact) mass is 578 g/mol. The summed E-state index contributed by atoms with van der Waals surface area (Å²) >= 11 is 0. The van der Waals surface area contributed by atoms with Gasteiger partial charge < -0.3 is 25.4 Å². The van der Waals surface area contributed by atoms with Crippen molar-refractivity contribution in [3.63, 3.8) is 0 Å². The number of nitrogens with one attached hydrogen (secondary N) is 2. The highest BCUT2D eigenvalue weighted by atomic mass is 16.5. The SMILES string of the molecule is CCCCN1C(=O)[C@@H]([C@H](O)C(CC)CC)NC(=O)C12CCN(Cc1ccc(Oc3ccc(C(=O)NC)cc3)cc1)CC2. The Bertz CT molecular complexity index is 1200. The summed E-state index contributed by atoms with van der Waals surface area (Å²) in [5.74, 6) is 0.915. The maximum absolute atomic E-state index is 13.7. The van der Waals surface area contributed by atoms with Crippen LogP contribution in [0.1, 0.15) is 75.2 Å². The summed E-state index contributed by atoms with van der Waals surface area (Å²) < 4.78 is 5.94. The molecule has 2 aliphatic heterocycles. The first-order valence-electron chi connectivity index (χ1n) is 15.4. The van der Waals surface area contributed by atoms with Gasteiger partial charge in [-0.05, 0) is 67.1 Å². The number of carbonyl (C=O) groups is 3. The third-order valence-electron chi connectivity index (χ3n) is 8.96. The van der Waals surface area contributed by atoms with Crippen molar-refractivity contribution in [2.75, 3.05) is 26.7 Å². The molecular weight excluding hydrogens is 532 g/mol. The number of aliphatic hydroxyl groups is 1. The second-order valence-electron chi connectivity index (χ2n) is 11.5. The number of likely N-dealkylation sites (tertiary alicyclic amines) is 1. The lowest BCUT2D eigenvalue weighted by molar-refractivity contribution is -0.165. The summed E-state index contributed by atoms with van der Waals surface area (Å²) in [4.78, 5) is 43.2. The van der Waals surface area contributed by atoms with Gasteiger partial charge in [0.2, 0.25) is 11.8 Å². The minimum atomic E-state index is -0.883. The number of unbranched alkanes of at least 4 members (excludes halogenated alkanes) is 1. The van der Waals surface area contributed by atoms with Crippen LogP contribution in [0.4, 0.5) is 0 Å². The van der Waals surface area contributed by atoms with Gasteiger partial charge in [0.05, 0.1) is 6.10 Å². The summed E-state index contributed by atoms with van der Waals surface area (Å²) in [7, 11) is 1.60. The van der Waals surface area contributed by atoms with Crippen LogP contribution in [-0.4, -0.2) is 77.0 Å². The molecule has 0 aliphatic carbocycles. The molecule has 228 valence electrons. The van der Waals surface area contributed by atoms with Crippen molar-refractivity contribution in [2.24, 2.45) is 5.92 Å². The highest BCUT2D eigenvalue weighted by Gasteiger charge is 2.55. The van der Waals surface area contributed by atoms with E-state index >= 15 is 0 Å². The number of hydrogen-bond donors (Lipinski definition) is 3. The van der Waals surface area contributed by atoms with E-state index in [1.807, 2.05) is 38.1 Å². The Balaban J connectivity index is 1.38. The van der Waals surface area contributed by atoms with Gasteiger partial charge in [-0.3, -0.25) is 19.3 Å². The van der Waals surface area contributed by atoms with Gasteiger partial charge in [0, 0.05) is 38.8 Å². The molecular formula is C33H46N4O5. The Morgan fingerprint density at radius 3 is 2.17 bits per heavy atom. The number of rotatable bonds is 12. The molecule has 0 radical (unpaired) electrons. The number of piperidine rings is 1. The molecule has 3 N–H and O–H groups in total. The number of nitrogens with zero attached hydrogens (tertiary/aromatic N) is 2. The van der Waals surface area contributed by atoms with Gasteiger partial charge in [-0.25, -0.2) is 0 Å². The van der Waals surface area contributed by atoms with Crippen LogP contribution < -0.4 is 15.4 Å². The number of amides is 3. The standard InChI is InChI=1S/C33H46N4O5/c1-5-8-19-37-31(40)28(29(38)24(6-2)7-3)35-32(41)33(37)17-20-36(21-18-33)22-23-9-13-26(14-10-23)42-27-15-11-25(12-16-27)30(39)34-4/h9-16,24,28-29,38H,5-8,17-22H2,1-4H3,(H,34,39)(H,35,41)/t28-,29-/m1/s1. The minimum absolute atomic E-state index is 0.0328. The highest BCUT2D eigenvalue weighted by Crippen LogP contribution is 2.35. The molecule has 0 saturated carbocycles. The smallest absolute Gasteiger partial charge is 0.251 e. The van der Waals surface area contributed by atoms with E-state index in [4.69, 9.17) is 4.74 Å². The van der Waals surface area contributed by atoms with Crippen LogP contribution in [0, 0.1) is 5.92 Å². The summed E-state index contributed by atoms with van der Waals surface area (Å²) in [6, 6.07) is 14.0. The first-order chi connectivity index (χ1) is 20.3. The third-order valence-corrected chi connectivity index (χ3v) is 8.96. The van der Waals surface area contributed by atoms with E-state index in [0.29, 0.717) is 49.5 Å². The number of carbonyl (C=O) groups excluding carboxylic acids is 3. The molecule has 9 nitrogen and oxygen atoms in total. The van der Waals surface area contributed by atoms with E-state index in [9.17, 15) is 19.5 Å². The molecule has 2 aromatic rings. The fourth-order valence-electron chi connectivity index (χ4n) is 6.21. The summed E-state index contributed by atoms with van der Waals surface area (Å²) in [5, 5.41) is 16.6. The van der Waals surface area contributed by atoms with Crippen LogP contribution in [-0.2, 0) is 16.1 Å². The zero-order valence-corrected chi connectivity index (χ0v) is 25.4. The van der Waals surface area contributed by atoms with Gasteiger partial charge >= 0.3 is 0 Å². The maximum Gasteiger partial charge on any atom is 0.251 e. The molecule has 0 bridgehead atoms. The average Bonchev–Trinajstić information content (AvgIpc) is 3.01. The topological polar surface area (TPSA) is 111 Å². The molecule has 2 aromatic carbocycles. The van der Waals surface area contributed by atoms with E-state index < -0.39 is 17.7 Å². The van der Waals surface area contributed by atoms with Gasteiger partial charge in [-0.1, -0.05) is 52.2 Å². The van der Waals surface area contributed by atoms with Gasteiger partial charge in [-0.2, -0.15) is 0 Å². The molecule has 9 heteroatoms. The third kappa shape index (κ3) is 6.79. The predicted octanol–water partition coefficient (Wildman–Crippen LogP) is 4.10. The van der Waals surface area contributed by atoms with Gasteiger partial charge in [0.15, 0.2) is 0 Å². The Hall–Kier alpha value is -3.43. The number of piperazine rings is 1. The van der Waals surface area contributed by atoms with Crippen molar-refractivity contribution in [3.05, 3.63) is 59.7 Å². The van der Waals surface area contributed by atoms with Crippen molar-refractivity contribution in [1.82, 2.24) is 20.4 Å². The largest absolute Gasteiger partial charge is 0.457 e. The number of benzene rings is 2. The molecule has 0 aromatic heterocycles. The number of aliphatic hydroxyl groups excluding tert-OH is 1. The molecule has 2 fully saturated rings. The zero-order chi connectivity index (χ0) is 30.3. The molecule has 1 spiro atoms. The zero-order valence-electron chi connectivity index (χ0n) is 25.4. The molecule has 2 heterocycles. The second kappa shape index (κ2) is 14.2. The maximum atomic E-state index is 13.7. The lowest BCUT2D eigenvalue weighted by atomic mass is 9.79. The fraction of sp³-hybridized carbons (Fsp3) is 0.545. The molecule has 3 amide bonds. The summed E-state index contributed by atoms with van der Waals surface area (Å²) in [6.07, 6.45) is 3.51. The first kappa shape index (κ1) is 31.5. The van der Waals surface area contributed by atoms with Crippen LogP contribution >= 0.6 is 0 Å². The molecule has 42 heavy (non-hydrogen) atoms. The average molecular weight is 579 g/mol. The van der Waals surface area contributed by atoms with Crippen LogP contribution in [0.15, 0.2) is 48.5 Å². The molecule has 0 unspecified atom stereocenters. The van der Waals surface area contributed by atoms with Crippen LogP contribution in [0.5, 0.6) is 11.5 Å². The van der Waals surface area contributed by atoms with Gasteiger partial charge in [0.1, 0.15) is 23.1 Å². The molecule has 2 saturated heterocycles. The Labute approximate surface area is 249 Å². The Morgan fingerprint density at radius 2 is 1.62 bits per heavy atom. The van der Waals surface area contributed by atoms with E-state index in [1.54, 1.807) is 36.2 Å². The molecule has 4 rings (SSSR count). The normalized spacial score (nSPS) is 19.6. The first-order valence-corrected chi connectivity index (χ1v) is 15.4. The summed E-state index contributed by atoms with van der Waals surface area (Å²) in [5.41, 5.74) is 0.845. The van der Waals surface area contributed by atoms with E-state index in [-0.39, 0.29) is 23.6 Å². The lowest BCUT2D eigenvalue weighted by Crippen LogP contribution is -2.75. The van der Waals surface area contributed by atoms with Crippen LogP contribution in [0.3, 0.4) is 0 Å².